The van der Waals surface area contributed by atoms with Gasteiger partial charge in [0.05, 0.1) is 18.9 Å². The van der Waals surface area contributed by atoms with E-state index >= 15 is 0 Å². The van der Waals surface area contributed by atoms with Gasteiger partial charge >= 0.3 is 0 Å². The SMILES string of the molecule is CCCOc1ccccc1NC(=S)NCCOC. The van der Waals surface area contributed by atoms with Gasteiger partial charge in [0.15, 0.2) is 5.11 Å². The fraction of sp³-hybridized carbons (Fsp3) is 0.462. The number of rotatable bonds is 7. The third-order valence-corrected chi connectivity index (χ3v) is 2.44. The Balaban J connectivity index is 2.51. The highest BCUT2D eigenvalue weighted by molar-refractivity contribution is 7.80. The van der Waals surface area contributed by atoms with Crippen molar-refractivity contribution in [1.29, 1.82) is 0 Å². The zero-order valence-corrected chi connectivity index (χ0v) is 11.7. The number of methoxy groups -OCH3 is 1. The van der Waals surface area contributed by atoms with E-state index in [1.165, 1.54) is 0 Å². The van der Waals surface area contributed by atoms with Gasteiger partial charge in [0.25, 0.3) is 0 Å². The summed E-state index contributed by atoms with van der Waals surface area (Å²) in [6.45, 7) is 4.08. The van der Waals surface area contributed by atoms with Crippen molar-refractivity contribution in [2.24, 2.45) is 0 Å². The van der Waals surface area contributed by atoms with Crippen molar-refractivity contribution in [2.45, 2.75) is 13.3 Å². The Morgan fingerprint density at radius 1 is 1.28 bits per heavy atom. The largest absolute Gasteiger partial charge is 0.491 e. The Kier molecular flexibility index (Phi) is 7.13. The van der Waals surface area contributed by atoms with E-state index in [4.69, 9.17) is 21.7 Å². The van der Waals surface area contributed by atoms with E-state index in [2.05, 4.69) is 17.6 Å². The van der Waals surface area contributed by atoms with E-state index in [0.29, 0.717) is 24.9 Å². The first-order chi connectivity index (χ1) is 8.77. The normalized spacial score (nSPS) is 9.89. The second-order valence-electron chi connectivity index (χ2n) is 3.72. The van der Waals surface area contributed by atoms with Crippen molar-refractivity contribution in [2.75, 3.05) is 32.2 Å². The smallest absolute Gasteiger partial charge is 0.170 e. The Hall–Kier alpha value is -1.33. The second kappa shape index (κ2) is 8.72. The summed E-state index contributed by atoms with van der Waals surface area (Å²) in [6, 6.07) is 7.75. The molecule has 0 aliphatic rings. The summed E-state index contributed by atoms with van der Waals surface area (Å²) < 4.78 is 10.6. The molecule has 0 aliphatic heterocycles. The maximum Gasteiger partial charge on any atom is 0.170 e. The molecule has 0 spiro atoms. The van der Waals surface area contributed by atoms with Gasteiger partial charge in [-0.15, -0.1) is 0 Å². The summed E-state index contributed by atoms with van der Waals surface area (Å²) in [5.41, 5.74) is 0.876. The second-order valence-corrected chi connectivity index (χ2v) is 4.13. The van der Waals surface area contributed by atoms with Crippen LogP contribution in [0.4, 0.5) is 5.69 Å². The Labute approximate surface area is 114 Å². The van der Waals surface area contributed by atoms with Crippen molar-refractivity contribution < 1.29 is 9.47 Å². The van der Waals surface area contributed by atoms with E-state index in [1.807, 2.05) is 24.3 Å². The molecule has 5 heteroatoms. The average molecular weight is 268 g/mol. The predicted molar refractivity (Wildman–Crippen MR) is 78.3 cm³/mol. The minimum Gasteiger partial charge on any atom is -0.491 e. The molecular weight excluding hydrogens is 248 g/mol. The molecule has 0 aliphatic carbocycles. The minimum atomic E-state index is 0.569. The molecule has 0 radical (unpaired) electrons. The molecule has 0 fully saturated rings. The molecule has 0 heterocycles. The van der Waals surface area contributed by atoms with E-state index in [-0.39, 0.29) is 0 Å². The van der Waals surface area contributed by atoms with Gasteiger partial charge in [0.2, 0.25) is 0 Å². The molecule has 0 atom stereocenters. The van der Waals surface area contributed by atoms with Crippen LogP contribution in [0.3, 0.4) is 0 Å². The maximum absolute atomic E-state index is 5.64. The topological polar surface area (TPSA) is 42.5 Å². The van der Waals surface area contributed by atoms with E-state index in [1.54, 1.807) is 7.11 Å². The van der Waals surface area contributed by atoms with Crippen molar-refractivity contribution >= 4 is 23.0 Å². The predicted octanol–water partition coefficient (Wildman–Crippen LogP) is 2.41. The van der Waals surface area contributed by atoms with Crippen molar-refractivity contribution in [3.8, 4) is 5.75 Å². The number of thiocarbonyl (C=S) groups is 1. The number of nitrogens with one attached hydrogen (secondary N) is 2. The molecule has 1 aromatic rings. The minimum absolute atomic E-state index is 0.569. The molecule has 18 heavy (non-hydrogen) atoms. The molecule has 4 nitrogen and oxygen atoms in total. The van der Waals surface area contributed by atoms with Gasteiger partial charge in [-0.05, 0) is 30.8 Å². The summed E-state index contributed by atoms with van der Waals surface area (Å²) in [6.07, 6.45) is 0.977. The van der Waals surface area contributed by atoms with Crippen LogP contribution >= 0.6 is 12.2 Å². The van der Waals surface area contributed by atoms with Crippen LogP contribution in [0.15, 0.2) is 24.3 Å². The van der Waals surface area contributed by atoms with Crippen LogP contribution in [-0.2, 0) is 4.74 Å². The fourth-order valence-electron chi connectivity index (χ4n) is 1.34. The number of ether oxygens (including phenoxy) is 2. The van der Waals surface area contributed by atoms with Crippen LogP contribution in [0, 0.1) is 0 Å². The number of para-hydroxylation sites is 2. The lowest BCUT2D eigenvalue weighted by molar-refractivity contribution is 0.204. The third kappa shape index (κ3) is 5.33. The van der Waals surface area contributed by atoms with E-state index < -0.39 is 0 Å². The van der Waals surface area contributed by atoms with Gasteiger partial charge in [-0.3, -0.25) is 0 Å². The van der Waals surface area contributed by atoms with Crippen LogP contribution in [-0.4, -0.2) is 32.0 Å². The van der Waals surface area contributed by atoms with Gasteiger partial charge in [-0.1, -0.05) is 19.1 Å². The van der Waals surface area contributed by atoms with Gasteiger partial charge in [0.1, 0.15) is 5.75 Å². The zero-order valence-electron chi connectivity index (χ0n) is 10.9. The summed E-state index contributed by atoms with van der Waals surface area (Å²) in [4.78, 5) is 0. The molecule has 100 valence electrons. The standard InChI is InChI=1S/C13H20N2O2S/c1-3-9-17-12-7-5-4-6-11(12)15-13(18)14-8-10-16-2/h4-7H,3,8-10H2,1-2H3,(H2,14,15,18). The molecule has 1 rings (SSSR count). The van der Waals surface area contributed by atoms with Gasteiger partial charge in [-0.25, -0.2) is 0 Å². The maximum atomic E-state index is 5.64. The average Bonchev–Trinajstić information content (AvgIpc) is 2.38. The van der Waals surface area contributed by atoms with Crippen LogP contribution in [0.2, 0.25) is 0 Å². The summed E-state index contributed by atoms with van der Waals surface area (Å²) in [7, 11) is 1.66. The highest BCUT2D eigenvalue weighted by Gasteiger charge is 2.04. The van der Waals surface area contributed by atoms with Gasteiger partial charge in [-0.2, -0.15) is 0 Å². The number of benzene rings is 1. The monoisotopic (exact) mass is 268 g/mol. The Morgan fingerprint density at radius 3 is 2.78 bits per heavy atom. The molecule has 0 unspecified atom stereocenters. The van der Waals surface area contributed by atoms with Crippen molar-refractivity contribution in [3.05, 3.63) is 24.3 Å². The van der Waals surface area contributed by atoms with Crippen LogP contribution in [0.5, 0.6) is 5.75 Å². The first-order valence-electron chi connectivity index (χ1n) is 6.03. The van der Waals surface area contributed by atoms with Crippen molar-refractivity contribution in [3.63, 3.8) is 0 Å². The van der Waals surface area contributed by atoms with Crippen LogP contribution < -0.4 is 15.4 Å². The molecule has 0 saturated heterocycles. The Morgan fingerprint density at radius 2 is 2.06 bits per heavy atom. The number of hydrogen-bond donors (Lipinski definition) is 2. The summed E-state index contributed by atoms with van der Waals surface area (Å²) in [5.74, 6) is 0.815. The van der Waals surface area contributed by atoms with E-state index in [9.17, 15) is 0 Å². The van der Waals surface area contributed by atoms with Crippen LogP contribution in [0.1, 0.15) is 13.3 Å². The van der Waals surface area contributed by atoms with Crippen molar-refractivity contribution in [1.82, 2.24) is 5.32 Å². The fourth-order valence-corrected chi connectivity index (χ4v) is 1.55. The Bertz CT molecular complexity index is 372. The third-order valence-electron chi connectivity index (χ3n) is 2.19. The highest BCUT2D eigenvalue weighted by Crippen LogP contribution is 2.23. The molecule has 1 aromatic carbocycles. The molecular formula is C13H20N2O2S. The zero-order chi connectivity index (χ0) is 13.2. The first-order valence-corrected chi connectivity index (χ1v) is 6.44. The van der Waals surface area contributed by atoms with E-state index in [0.717, 1.165) is 17.9 Å². The van der Waals surface area contributed by atoms with Gasteiger partial charge in [0, 0.05) is 13.7 Å². The summed E-state index contributed by atoms with van der Waals surface area (Å²) >= 11 is 5.19. The number of hydrogen-bond acceptors (Lipinski definition) is 3. The van der Waals surface area contributed by atoms with Gasteiger partial charge < -0.3 is 20.1 Å². The lowest BCUT2D eigenvalue weighted by Crippen LogP contribution is -2.31. The molecule has 0 amide bonds. The number of anilines is 1. The molecule has 0 saturated carbocycles. The summed E-state index contributed by atoms with van der Waals surface area (Å²) in [5, 5.41) is 6.74. The molecule has 0 aromatic heterocycles. The van der Waals surface area contributed by atoms with Crippen LogP contribution in [0.25, 0.3) is 0 Å². The lowest BCUT2D eigenvalue weighted by Gasteiger charge is -2.14. The quantitative estimate of drug-likeness (QED) is 0.587. The molecule has 0 bridgehead atoms. The first kappa shape index (κ1) is 14.7. The molecule has 2 N–H and O–H groups in total. The lowest BCUT2D eigenvalue weighted by atomic mass is 10.3. The highest BCUT2D eigenvalue weighted by atomic mass is 32.1.